The highest BCUT2D eigenvalue weighted by molar-refractivity contribution is 6.07. The molecule has 0 saturated heterocycles. The number of nitro benzene ring substituents is 1. The van der Waals surface area contributed by atoms with Crippen molar-refractivity contribution in [2.24, 2.45) is 7.05 Å². The molecular weight excluding hydrogens is 272 g/mol. The van der Waals surface area contributed by atoms with Gasteiger partial charge < -0.3 is 9.88 Å². The second-order valence-electron chi connectivity index (χ2n) is 5.10. The van der Waals surface area contributed by atoms with Gasteiger partial charge in [0.15, 0.2) is 5.82 Å². The van der Waals surface area contributed by atoms with Crippen LogP contribution in [0.5, 0.6) is 0 Å². The van der Waals surface area contributed by atoms with Crippen LogP contribution in [-0.2, 0) is 7.05 Å². The van der Waals surface area contributed by atoms with Crippen LogP contribution in [-0.4, -0.2) is 26.3 Å². The summed E-state index contributed by atoms with van der Waals surface area (Å²) >= 11 is 0. The minimum atomic E-state index is -0.472. The van der Waals surface area contributed by atoms with Gasteiger partial charge in [-0.2, -0.15) is 0 Å². The number of nitrogens with one attached hydrogen (secondary N) is 1. The van der Waals surface area contributed by atoms with Gasteiger partial charge in [-0.15, -0.1) is 0 Å². The lowest BCUT2D eigenvalue weighted by Gasteiger charge is -2.07. The van der Waals surface area contributed by atoms with Crippen molar-refractivity contribution in [2.45, 2.75) is 18.9 Å². The van der Waals surface area contributed by atoms with Crippen molar-refractivity contribution < 1.29 is 9.72 Å². The Morgan fingerprint density at radius 1 is 1.48 bits per heavy atom. The summed E-state index contributed by atoms with van der Waals surface area (Å²) in [5, 5.41) is 14.3. The summed E-state index contributed by atoms with van der Waals surface area (Å²) in [5.41, 5.74) is 0.637. The van der Waals surface area contributed by atoms with Crippen molar-refractivity contribution >= 4 is 17.2 Å². The van der Waals surface area contributed by atoms with E-state index < -0.39 is 4.92 Å². The average Bonchev–Trinajstić information content (AvgIpc) is 3.17. The van der Waals surface area contributed by atoms with Gasteiger partial charge in [0.05, 0.1) is 4.92 Å². The Morgan fingerprint density at radius 2 is 2.24 bits per heavy atom. The molecule has 0 atom stereocenters. The fraction of sp³-hybridized carbons (Fsp3) is 0.286. The first-order valence-electron chi connectivity index (χ1n) is 6.63. The SMILES string of the molecule is Cn1ccnc1C(=O)c1ccc(NC2CC2)c([N+](=O)[O-])c1. The first kappa shape index (κ1) is 13.3. The monoisotopic (exact) mass is 286 g/mol. The molecule has 1 aromatic carbocycles. The maximum absolute atomic E-state index is 12.3. The van der Waals surface area contributed by atoms with Gasteiger partial charge >= 0.3 is 0 Å². The van der Waals surface area contributed by atoms with E-state index in [2.05, 4.69) is 10.3 Å². The Bertz CT molecular complexity index is 719. The summed E-state index contributed by atoms with van der Waals surface area (Å²) in [6.45, 7) is 0. The molecule has 1 saturated carbocycles. The number of imidazole rings is 1. The summed E-state index contributed by atoms with van der Waals surface area (Å²) in [5.74, 6) is -0.0734. The quantitative estimate of drug-likeness (QED) is 0.516. The number of nitro groups is 1. The molecule has 108 valence electrons. The molecule has 2 aromatic rings. The zero-order chi connectivity index (χ0) is 15.0. The standard InChI is InChI=1S/C14H14N4O3/c1-17-7-6-15-14(17)13(19)9-2-5-11(16-10-3-4-10)12(8-9)18(20)21/h2,5-8,10,16H,3-4H2,1H3. The van der Waals surface area contributed by atoms with Gasteiger partial charge in [0.25, 0.3) is 5.69 Å². The highest BCUT2D eigenvalue weighted by atomic mass is 16.6. The van der Waals surface area contributed by atoms with Gasteiger partial charge in [-0.05, 0) is 25.0 Å². The number of rotatable bonds is 5. The number of benzene rings is 1. The maximum Gasteiger partial charge on any atom is 0.293 e. The van der Waals surface area contributed by atoms with Crippen LogP contribution in [0.3, 0.4) is 0 Å². The molecule has 0 spiro atoms. The molecule has 1 N–H and O–H groups in total. The predicted octanol–water partition coefficient (Wildman–Crippen LogP) is 2.13. The average molecular weight is 286 g/mol. The molecule has 0 unspecified atom stereocenters. The number of aromatic nitrogens is 2. The summed E-state index contributed by atoms with van der Waals surface area (Å²) in [4.78, 5) is 27.0. The van der Waals surface area contributed by atoms with E-state index in [1.807, 2.05) is 0 Å². The third kappa shape index (κ3) is 2.62. The van der Waals surface area contributed by atoms with E-state index in [4.69, 9.17) is 0 Å². The molecule has 1 aliphatic carbocycles. The number of aryl methyl sites for hydroxylation is 1. The summed E-state index contributed by atoms with van der Waals surface area (Å²) in [7, 11) is 1.71. The van der Waals surface area contributed by atoms with Crippen molar-refractivity contribution in [2.75, 3.05) is 5.32 Å². The van der Waals surface area contributed by atoms with Gasteiger partial charge in [-0.25, -0.2) is 4.98 Å². The van der Waals surface area contributed by atoms with Crippen LogP contribution in [0.4, 0.5) is 11.4 Å². The van der Waals surface area contributed by atoms with E-state index in [1.54, 1.807) is 29.9 Å². The number of hydrogen-bond donors (Lipinski definition) is 1. The fourth-order valence-corrected chi connectivity index (χ4v) is 2.11. The molecule has 1 aromatic heterocycles. The molecular formula is C14H14N4O3. The van der Waals surface area contributed by atoms with Gasteiger partial charge in [-0.1, -0.05) is 0 Å². The second-order valence-corrected chi connectivity index (χ2v) is 5.10. The molecule has 21 heavy (non-hydrogen) atoms. The van der Waals surface area contributed by atoms with Crippen LogP contribution in [0, 0.1) is 10.1 Å². The minimum absolute atomic E-state index is 0.0815. The van der Waals surface area contributed by atoms with Crippen molar-refractivity contribution in [3.05, 3.63) is 52.1 Å². The lowest BCUT2D eigenvalue weighted by Crippen LogP contribution is -2.10. The van der Waals surface area contributed by atoms with Crippen molar-refractivity contribution in [1.82, 2.24) is 9.55 Å². The number of nitrogens with zero attached hydrogens (tertiary/aromatic N) is 3. The van der Waals surface area contributed by atoms with Crippen molar-refractivity contribution in [3.8, 4) is 0 Å². The zero-order valence-corrected chi connectivity index (χ0v) is 11.4. The zero-order valence-electron chi connectivity index (χ0n) is 11.4. The Hall–Kier alpha value is -2.70. The topological polar surface area (TPSA) is 90.1 Å². The van der Waals surface area contributed by atoms with E-state index >= 15 is 0 Å². The Morgan fingerprint density at radius 3 is 2.81 bits per heavy atom. The highest BCUT2D eigenvalue weighted by Gasteiger charge is 2.26. The van der Waals surface area contributed by atoms with E-state index in [0.29, 0.717) is 11.7 Å². The number of carbonyl (C=O) groups excluding carboxylic acids is 1. The minimum Gasteiger partial charge on any atom is -0.377 e. The molecule has 1 heterocycles. The first-order chi connectivity index (χ1) is 10.1. The van der Waals surface area contributed by atoms with E-state index in [-0.39, 0.29) is 22.9 Å². The summed E-state index contributed by atoms with van der Waals surface area (Å²) in [6, 6.07) is 4.79. The van der Waals surface area contributed by atoms with Crippen LogP contribution < -0.4 is 5.32 Å². The molecule has 1 fully saturated rings. The number of hydrogen-bond acceptors (Lipinski definition) is 5. The van der Waals surface area contributed by atoms with Gasteiger partial charge in [0.2, 0.25) is 5.78 Å². The molecule has 0 aliphatic heterocycles. The molecule has 0 radical (unpaired) electrons. The van der Waals surface area contributed by atoms with Crippen LogP contribution in [0.2, 0.25) is 0 Å². The third-order valence-corrected chi connectivity index (χ3v) is 3.42. The third-order valence-electron chi connectivity index (χ3n) is 3.42. The number of carbonyl (C=O) groups is 1. The molecule has 0 amide bonds. The largest absolute Gasteiger partial charge is 0.377 e. The number of ketones is 1. The van der Waals surface area contributed by atoms with Gasteiger partial charge in [0.1, 0.15) is 5.69 Å². The van der Waals surface area contributed by atoms with Crippen LogP contribution >= 0.6 is 0 Å². The van der Waals surface area contributed by atoms with Crippen molar-refractivity contribution in [1.29, 1.82) is 0 Å². The highest BCUT2D eigenvalue weighted by Crippen LogP contribution is 2.31. The van der Waals surface area contributed by atoms with E-state index in [9.17, 15) is 14.9 Å². The first-order valence-corrected chi connectivity index (χ1v) is 6.63. The smallest absolute Gasteiger partial charge is 0.293 e. The number of anilines is 1. The van der Waals surface area contributed by atoms with Gasteiger partial charge in [0, 0.05) is 37.1 Å². The second kappa shape index (κ2) is 5.01. The molecule has 0 bridgehead atoms. The van der Waals surface area contributed by atoms with E-state index in [1.165, 1.54) is 12.3 Å². The fourth-order valence-electron chi connectivity index (χ4n) is 2.11. The molecule has 1 aliphatic rings. The Labute approximate surface area is 120 Å². The van der Waals surface area contributed by atoms with E-state index in [0.717, 1.165) is 12.8 Å². The summed E-state index contributed by atoms with van der Waals surface area (Å²) < 4.78 is 1.59. The molecule has 7 heteroatoms. The Kier molecular flexibility index (Phi) is 3.17. The predicted molar refractivity (Wildman–Crippen MR) is 76.4 cm³/mol. The lowest BCUT2D eigenvalue weighted by atomic mass is 10.1. The van der Waals surface area contributed by atoms with Crippen LogP contribution in [0.1, 0.15) is 29.0 Å². The lowest BCUT2D eigenvalue weighted by molar-refractivity contribution is -0.384. The molecule has 3 rings (SSSR count). The van der Waals surface area contributed by atoms with Crippen LogP contribution in [0.15, 0.2) is 30.6 Å². The van der Waals surface area contributed by atoms with Crippen LogP contribution in [0.25, 0.3) is 0 Å². The normalized spacial score (nSPS) is 14.0. The Balaban J connectivity index is 1.96. The maximum atomic E-state index is 12.3. The van der Waals surface area contributed by atoms with Crippen molar-refractivity contribution in [3.63, 3.8) is 0 Å². The van der Waals surface area contributed by atoms with Gasteiger partial charge in [-0.3, -0.25) is 14.9 Å². The summed E-state index contributed by atoms with van der Waals surface area (Å²) in [6.07, 6.45) is 5.21. The molecule has 7 nitrogen and oxygen atoms in total.